The van der Waals surface area contributed by atoms with E-state index in [2.05, 4.69) is 15.2 Å². The van der Waals surface area contributed by atoms with Crippen molar-refractivity contribution in [3.8, 4) is 0 Å². The van der Waals surface area contributed by atoms with Crippen molar-refractivity contribution in [2.45, 2.75) is 25.0 Å². The summed E-state index contributed by atoms with van der Waals surface area (Å²) in [5.74, 6) is -0.232. The van der Waals surface area contributed by atoms with E-state index >= 15 is 0 Å². The van der Waals surface area contributed by atoms with E-state index in [-0.39, 0.29) is 17.6 Å². The van der Waals surface area contributed by atoms with E-state index in [1.54, 1.807) is 6.07 Å². The number of rotatable bonds is 3. The molecular formula is C18H21N3O3. The molecule has 4 rings (SSSR count). The Morgan fingerprint density at radius 1 is 1.38 bits per heavy atom. The molecule has 2 atom stereocenters. The fraction of sp³-hybridized carbons (Fsp3) is 0.444. The number of pyridine rings is 1. The minimum absolute atomic E-state index is 0.0107. The molecule has 0 aliphatic carbocycles. The van der Waals surface area contributed by atoms with Crippen molar-refractivity contribution in [2.24, 2.45) is 0 Å². The van der Waals surface area contributed by atoms with Crippen molar-refractivity contribution in [1.29, 1.82) is 0 Å². The van der Waals surface area contributed by atoms with Crippen LogP contribution in [0, 0.1) is 0 Å². The molecule has 1 aromatic carbocycles. The molecule has 0 unspecified atom stereocenters. The number of aromatic amines is 1. The number of ether oxygens (including phenoxy) is 1. The first-order valence-corrected chi connectivity index (χ1v) is 8.46. The lowest BCUT2D eigenvalue weighted by Crippen LogP contribution is -2.50. The van der Waals surface area contributed by atoms with Crippen molar-refractivity contribution in [3.05, 3.63) is 46.2 Å². The van der Waals surface area contributed by atoms with Crippen LogP contribution < -0.4 is 10.9 Å². The third-order valence-electron chi connectivity index (χ3n) is 4.95. The SMILES string of the molecule is O=C(NC[C@H]1CN2CCC[C@@H]2CO1)c1cc(=O)[nH]c2ccccc12. The van der Waals surface area contributed by atoms with Gasteiger partial charge in [-0.05, 0) is 25.5 Å². The van der Waals surface area contributed by atoms with Gasteiger partial charge < -0.3 is 15.0 Å². The molecule has 0 bridgehead atoms. The molecule has 0 spiro atoms. The van der Waals surface area contributed by atoms with Crippen molar-refractivity contribution < 1.29 is 9.53 Å². The number of H-pyrrole nitrogens is 1. The number of carbonyl (C=O) groups is 1. The molecule has 24 heavy (non-hydrogen) atoms. The van der Waals surface area contributed by atoms with Crippen LogP contribution in [-0.4, -0.2) is 54.2 Å². The van der Waals surface area contributed by atoms with Crippen LogP contribution in [0.15, 0.2) is 35.1 Å². The summed E-state index contributed by atoms with van der Waals surface area (Å²) >= 11 is 0. The fourth-order valence-electron chi connectivity index (χ4n) is 3.70. The van der Waals surface area contributed by atoms with Crippen LogP contribution >= 0.6 is 0 Å². The Bertz CT molecular complexity index is 817. The first kappa shape index (κ1) is 15.4. The number of carbonyl (C=O) groups excluding carboxylic acids is 1. The van der Waals surface area contributed by atoms with Gasteiger partial charge in [0.05, 0.1) is 18.3 Å². The van der Waals surface area contributed by atoms with Crippen LogP contribution in [0.4, 0.5) is 0 Å². The summed E-state index contributed by atoms with van der Waals surface area (Å²) < 4.78 is 5.87. The molecule has 6 nitrogen and oxygen atoms in total. The second-order valence-electron chi connectivity index (χ2n) is 6.55. The molecule has 2 aromatic rings. The number of nitrogens with one attached hydrogen (secondary N) is 2. The van der Waals surface area contributed by atoms with E-state index in [1.165, 1.54) is 18.9 Å². The van der Waals surface area contributed by atoms with Gasteiger partial charge in [-0.3, -0.25) is 14.5 Å². The number of benzene rings is 1. The summed E-state index contributed by atoms with van der Waals surface area (Å²) in [7, 11) is 0. The van der Waals surface area contributed by atoms with E-state index in [0.717, 1.165) is 25.1 Å². The van der Waals surface area contributed by atoms with Gasteiger partial charge in [-0.1, -0.05) is 18.2 Å². The Morgan fingerprint density at radius 3 is 3.17 bits per heavy atom. The van der Waals surface area contributed by atoms with Gasteiger partial charge in [-0.2, -0.15) is 0 Å². The third kappa shape index (κ3) is 2.95. The highest BCUT2D eigenvalue weighted by Gasteiger charge is 2.32. The third-order valence-corrected chi connectivity index (χ3v) is 4.95. The van der Waals surface area contributed by atoms with Gasteiger partial charge >= 0.3 is 0 Å². The van der Waals surface area contributed by atoms with Gasteiger partial charge in [0, 0.05) is 36.1 Å². The fourth-order valence-corrected chi connectivity index (χ4v) is 3.70. The van der Waals surface area contributed by atoms with Gasteiger partial charge in [-0.25, -0.2) is 0 Å². The second-order valence-corrected chi connectivity index (χ2v) is 6.55. The predicted molar refractivity (Wildman–Crippen MR) is 91.2 cm³/mol. The van der Waals surface area contributed by atoms with Gasteiger partial charge in [-0.15, -0.1) is 0 Å². The maximum atomic E-state index is 12.5. The monoisotopic (exact) mass is 327 g/mol. The predicted octanol–water partition coefficient (Wildman–Crippen LogP) is 1.12. The minimum atomic E-state index is -0.271. The number of fused-ring (bicyclic) bond motifs is 2. The van der Waals surface area contributed by atoms with E-state index in [4.69, 9.17) is 4.74 Å². The standard InChI is InChI=1S/C18H21N3O3/c22-17-8-15(14-5-1-2-6-16(14)20-17)18(23)19-9-13-10-21-7-3-4-12(21)11-24-13/h1-2,5-6,8,12-13H,3-4,7,9-11H2,(H,19,23)(H,20,22)/t12-,13+/m1/s1. The van der Waals surface area contributed by atoms with Crippen molar-refractivity contribution >= 4 is 16.8 Å². The topological polar surface area (TPSA) is 74.4 Å². The molecule has 6 heteroatoms. The van der Waals surface area contributed by atoms with Crippen LogP contribution in [0.5, 0.6) is 0 Å². The highest BCUT2D eigenvalue weighted by molar-refractivity contribution is 6.05. The normalized spacial score (nSPS) is 24.0. The number of para-hydroxylation sites is 1. The van der Waals surface area contributed by atoms with E-state index in [0.29, 0.717) is 23.7 Å². The van der Waals surface area contributed by atoms with Gasteiger partial charge in [0.1, 0.15) is 0 Å². The molecule has 2 aliphatic rings. The summed E-state index contributed by atoms with van der Waals surface area (Å²) in [6.45, 7) is 3.19. The second kappa shape index (κ2) is 6.37. The molecular weight excluding hydrogens is 306 g/mol. The molecule has 1 amide bonds. The Labute approximate surface area is 139 Å². The van der Waals surface area contributed by atoms with Crippen LogP contribution in [0.1, 0.15) is 23.2 Å². The molecule has 2 N–H and O–H groups in total. The molecule has 3 heterocycles. The average Bonchev–Trinajstić information content (AvgIpc) is 3.06. The summed E-state index contributed by atoms with van der Waals surface area (Å²) in [6.07, 6.45) is 2.44. The highest BCUT2D eigenvalue weighted by atomic mass is 16.5. The van der Waals surface area contributed by atoms with E-state index in [9.17, 15) is 9.59 Å². The van der Waals surface area contributed by atoms with Crippen LogP contribution in [0.2, 0.25) is 0 Å². The van der Waals surface area contributed by atoms with Gasteiger partial charge in [0.2, 0.25) is 5.56 Å². The van der Waals surface area contributed by atoms with Crippen molar-refractivity contribution in [2.75, 3.05) is 26.2 Å². The van der Waals surface area contributed by atoms with Crippen molar-refractivity contribution in [1.82, 2.24) is 15.2 Å². The first-order valence-electron chi connectivity index (χ1n) is 8.46. The minimum Gasteiger partial charge on any atom is -0.373 e. The number of nitrogens with zero attached hydrogens (tertiary/aromatic N) is 1. The van der Waals surface area contributed by atoms with Gasteiger partial charge in [0.25, 0.3) is 5.91 Å². The number of aromatic nitrogens is 1. The molecule has 2 fully saturated rings. The van der Waals surface area contributed by atoms with E-state index in [1.807, 2.05) is 18.2 Å². The Morgan fingerprint density at radius 2 is 2.25 bits per heavy atom. The van der Waals surface area contributed by atoms with Gasteiger partial charge in [0.15, 0.2) is 0 Å². The Kier molecular flexibility index (Phi) is 4.08. The van der Waals surface area contributed by atoms with E-state index < -0.39 is 0 Å². The molecule has 0 radical (unpaired) electrons. The number of amides is 1. The summed E-state index contributed by atoms with van der Waals surface area (Å²) in [5, 5.41) is 3.67. The smallest absolute Gasteiger partial charge is 0.252 e. The number of morpholine rings is 1. The lowest BCUT2D eigenvalue weighted by molar-refractivity contribution is -0.0461. The molecule has 126 valence electrons. The quantitative estimate of drug-likeness (QED) is 0.886. The van der Waals surface area contributed by atoms with Crippen LogP contribution in [0.3, 0.4) is 0 Å². The molecule has 2 aliphatic heterocycles. The average molecular weight is 327 g/mol. The lowest BCUT2D eigenvalue weighted by atomic mass is 10.1. The molecule has 1 aromatic heterocycles. The zero-order chi connectivity index (χ0) is 16.5. The van der Waals surface area contributed by atoms with Crippen molar-refractivity contribution in [3.63, 3.8) is 0 Å². The zero-order valence-corrected chi connectivity index (χ0v) is 13.5. The number of hydrogen-bond acceptors (Lipinski definition) is 4. The summed E-state index contributed by atoms with van der Waals surface area (Å²) in [5.41, 5.74) is 0.806. The number of hydrogen-bond donors (Lipinski definition) is 2. The highest BCUT2D eigenvalue weighted by Crippen LogP contribution is 2.22. The first-order chi connectivity index (χ1) is 11.7. The maximum absolute atomic E-state index is 12.5. The van der Waals surface area contributed by atoms with Crippen LogP contribution in [0.25, 0.3) is 10.9 Å². The molecule has 0 saturated carbocycles. The Hall–Kier alpha value is -2.18. The zero-order valence-electron chi connectivity index (χ0n) is 13.5. The summed E-state index contributed by atoms with van der Waals surface area (Å²) in [4.78, 5) is 29.5. The van der Waals surface area contributed by atoms with Crippen LogP contribution in [-0.2, 0) is 4.74 Å². The Balaban J connectivity index is 1.46. The molecule has 2 saturated heterocycles. The lowest BCUT2D eigenvalue weighted by Gasteiger charge is -2.35. The maximum Gasteiger partial charge on any atom is 0.252 e. The summed E-state index contributed by atoms with van der Waals surface area (Å²) in [6, 6.07) is 9.23. The largest absolute Gasteiger partial charge is 0.373 e.